The third kappa shape index (κ3) is 3.66. The van der Waals surface area contributed by atoms with Crippen LogP contribution >= 0.6 is 0 Å². The molecule has 0 saturated carbocycles. The van der Waals surface area contributed by atoms with Gasteiger partial charge in [-0.1, -0.05) is 0 Å². The molecular formula is C18H24N4O3. The second-order valence-electron chi connectivity index (χ2n) is 6.51. The molecule has 0 aliphatic carbocycles. The molecular weight excluding hydrogens is 320 g/mol. The molecule has 1 aliphatic heterocycles. The van der Waals surface area contributed by atoms with E-state index in [2.05, 4.69) is 10.1 Å². The van der Waals surface area contributed by atoms with E-state index in [9.17, 15) is 9.59 Å². The average Bonchev–Trinajstić information content (AvgIpc) is 3.09. The highest BCUT2D eigenvalue weighted by Crippen LogP contribution is 2.21. The maximum absolute atomic E-state index is 13.1. The van der Waals surface area contributed by atoms with Crippen LogP contribution in [0, 0.1) is 13.8 Å². The van der Waals surface area contributed by atoms with Gasteiger partial charge >= 0.3 is 0 Å². The number of rotatable bonds is 4. The topological polar surface area (TPSA) is 80.2 Å². The molecule has 0 bridgehead atoms. The molecule has 134 valence electrons. The molecule has 1 aliphatic rings. The number of carbonyl (C=O) groups is 2. The summed E-state index contributed by atoms with van der Waals surface area (Å²) in [5.41, 5.74) is 2.58. The molecule has 2 aromatic rings. The quantitative estimate of drug-likeness (QED) is 0.860. The van der Waals surface area contributed by atoms with Crippen molar-refractivity contribution in [2.75, 3.05) is 19.7 Å². The lowest BCUT2D eigenvalue weighted by molar-refractivity contribution is 0.0367. The van der Waals surface area contributed by atoms with E-state index in [0.717, 1.165) is 17.7 Å². The van der Waals surface area contributed by atoms with Crippen molar-refractivity contribution in [1.29, 1.82) is 0 Å². The lowest BCUT2D eigenvalue weighted by atomic mass is 10.1. The van der Waals surface area contributed by atoms with Gasteiger partial charge in [0.1, 0.15) is 0 Å². The Balaban J connectivity index is 1.80. The fourth-order valence-corrected chi connectivity index (χ4v) is 3.39. The largest absolute Gasteiger partial charge is 0.374 e. The van der Waals surface area contributed by atoms with Crippen LogP contribution in [0.4, 0.5) is 0 Å². The Labute approximate surface area is 147 Å². The first kappa shape index (κ1) is 17.4. The van der Waals surface area contributed by atoms with E-state index < -0.39 is 0 Å². The molecule has 3 heterocycles. The summed E-state index contributed by atoms with van der Waals surface area (Å²) in [5.74, 6) is -0.106. The number of aromatic amines is 1. The molecule has 0 aromatic carbocycles. The van der Waals surface area contributed by atoms with Crippen molar-refractivity contribution < 1.29 is 14.3 Å². The summed E-state index contributed by atoms with van der Waals surface area (Å²) in [6.07, 6.45) is 4.32. The van der Waals surface area contributed by atoms with Crippen LogP contribution in [0.15, 0.2) is 18.5 Å². The molecule has 3 rings (SSSR count). The van der Waals surface area contributed by atoms with Crippen molar-refractivity contribution in [3.05, 3.63) is 41.0 Å². The molecule has 7 heteroatoms. The zero-order valence-corrected chi connectivity index (χ0v) is 14.9. The van der Waals surface area contributed by atoms with E-state index in [1.807, 2.05) is 35.7 Å². The number of amides is 1. The summed E-state index contributed by atoms with van der Waals surface area (Å²) >= 11 is 0. The third-order valence-corrected chi connectivity index (χ3v) is 4.59. The number of nitrogens with zero attached hydrogens (tertiary/aromatic N) is 3. The summed E-state index contributed by atoms with van der Waals surface area (Å²) in [4.78, 5) is 29.7. The summed E-state index contributed by atoms with van der Waals surface area (Å²) in [6.45, 7) is 7.56. The monoisotopic (exact) mass is 344 g/mol. The van der Waals surface area contributed by atoms with Crippen LogP contribution in [0.25, 0.3) is 0 Å². The molecule has 1 fully saturated rings. The second kappa shape index (κ2) is 7.23. The van der Waals surface area contributed by atoms with E-state index in [1.54, 1.807) is 6.20 Å². The molecule has 2 aromatic heterocycles. The van der Waals surface area contributed by atoms with E-state index in [1.165, 1.54) is 6.92 Å². The summed E-state index contributed by atoms with van der Waals surface area (Å²) in [7, 11) is 0. The van der Waals surface area contributed by atoms with Crippen LogP contribution in [0.3, 0.4) is 0 Å². The first-order valence-electron chi connectivity index (χ1n) is 8.55. The van der Waals surface area contributed by atoms with Gasteiger partial charge in [-0.25, -0.2) is 0 Å². The number of hydrogen-bond acceptors (Lipinski definition) is 4. The number of hydrogen-bond donors (Lipinski definition) is 1. The van der Waals surface area contributed by atoms with Gasteiger partial charge in [-0.3, -0.25) is 14.3 Å². The summed E-state index contributed by atoms with van der Waals surface area (Å²) in [5, 5.41) is 4.21. The number of carbonyl (C=O) groups excluding carboxylic acids is 2. The molecule has 1 saturated heterocycles. The standard InChI is InChI=1S/C18H24N4O3/c1-12-16(13(2)20-17(12)14(3)23)18(24)21-7-5-9-25-15(10-21)11-22-8-4-6-19-22/h4,6,8,15,20H,5,7,9-11H2,1-3H3. The third-order valence-electron chi connectivity index (χ3n) is 4.59. The Hall–Kier alpha value is -2.41. The number of nitrogens with one attached hydrogen (secondary N) is 1. The Morgan fingerprint density at radius 1 is 1.40 bits per heavy atom. The minimum atomic E-state index is -0.0989. The maximum atomic E-state index is 13.1. The number of ether oxygens (including phenoxy) is 1. The van der Waals surface area contributed by atoms with Gasteiger partial charge in [0, 0.05) is 44.7 Å². The van der Waals surface area contributed by atoms with Crippen molar-refractivity contribution in [2.24, 2.45) is 0 Å². The van der Waals surface area contributed by atoms with Crippen LogP contribution < -0.4 is 0 Å². The molecule has 1 N–H and O–H groups in total. The predicted octanol–water partition coefficient (Wildman–Crippen LogP) is 1.96. The van der Waals surface area contributed by atoms with E-state index in [0.29, 0.717) is 37.5 Å². The fourth-order valence-electron chi connectivity index (χ4n) is 3.39. The lowest BCUT2D eigenvalue weighted by Crippen LogP contribution is -2.39. The van der Waals surface area contributed by atoms with Gasteiger partial charge in [0.2, 0.25) is 0 Å². The summed E-state index contributed by atoms with van der Waals surface area (Å²) < 4.78 is 7.70. The van der Waals surface area contributed by atoms with Crippen molar-refractivity contribution in [3.63, 3.8) is 0 Å². The van der Waals surface area contributed by atoms with Crippen molar-refractivity contribution in [2.45, 2.75) is 39.8 Å². The Kier molecular flexibility index (Phi) is 5.03. The second-order valence-corrected chi connectivity index (χ2v) is 6.51. The highest BCUT2D eigenvalue weighted by atomic mass is 16.5. The van der Waals surface area contributed by atoms with Crippen LogP contribution in [-0.4, -0.2) is 57.2 Å². The number of aromatic nitrogens is 3. The maximum Gasteiger partial charge on any atom is 0.256 e. The molecule has 1 atom stereocenters. The molecule has 0 radical (unpaired) electrons. The summed E-state index contributed by atoms with van der Waals surface area (Å²) in [6, 6.07) is 1.87. The zero-order valence-electron chi connectivity index (χ0n) is 14.9. The molecule has 1 unspecified atom stereocenters. The molecule has 0 spiro atoms. The van der Waals surface area contributed by atoms with Gasteiger partial charge in [0.25, 0.3) is 5.91 Å². The number of H-pyrrole nitrogens is 1. The van der Waals surface area contributed by atoms with Crippen LogP contribution in [-0.2, 0) is 11.3 Å². The van der Waals surface area contributed by atoms with Gasteiger partial charge in [-0.15, -0.1) is 0 Å². The van der Waals surface area contributed by atoms with E-state index >= 15 is 0 Å². The zero-order chi connectivity index (χ0) is 18.0. The number of ketones is 1. The van der Waals surface area contributed by atoms with Crippen molar-refractivity contribution in [1.82, 2.24) is 19.7 Å². The SMILES string of the molecule is CC(=O)c1[nH]c(C)c(C(=O)N2CCCOC(Cn3cccn3)C2)c1C. The molecule has 25 heavy (non-hydrogen) atoms. The van der Waals surface area contributed by atoms with Crippen molar-refractivity contribution >= 4 is 11.7 Å². The Bertz CT molecular complexity index is 764. The number of Topliss-reactive ketones (excluding diaryl/α,β-unsaturated/α-hetero) is 1. The average molecular weight is 344 g/mol. The smallest absolute Gasteiger partial charge is 0.256 e. The van der Waals surface area contributed by atoms with Gasteiger partial charge in [0.15, 0.2) is 5.78 Å². The highest BCUT2D eigenvalue weighted by molar-refractivity contribution is 6.02. The van der Waals surface area contributed by atoms with Crippen molar-refractivity contribution in [3.8, 4) is 0 Å². The predicted molar refractivity (Wildman–Crippen MR) is 92.8 cm³/mol. The first-order chi connectivity index (χ1) is 12.0. The van der Waals surface area contributed by atoms with E-state index in [-0.39, 0.29) is 17.8 Å². The van der Waals surface area contributed by atoms with Crippen LogP contribution in [0.5, 0.6) is 0 Å². The first-order valence-corrected chi connectivity index (χ1v) is 8.55. The van der Waals surface area contributed by atoms with Gasteiger partial charge in [-0.2, -0.15) is 5.10 Å². The Morgan fingerprint density at radius 2 is 2.20 bits per heavy atom. The van der Waals surface area contributed by atoms with Crippen LogP contribution in [0.2, 0.25) is 0 Å². The molecule has 7 nitrogen and oxygen atoms in total. The number of aryl methyl sites for hydroxylation is 1. The normalized spacial score (nSPS) is 18.2. The van der Waals surface area contributed by atoms with E-state index in [4.69, 9.17) is 4.74 Å². The van der Waals surface area contributed by atoms with Gasteiger partial charge in [0.05, 0.1) is 23.9 Å². The Morgan fingerprint density at radius 3 is 2.84 bits per heavy atom. The van der Waals surface area contributed by atoms with Gasteiger partial charge in [-0.05, 0) is 31.9 Å². The minimum Gasteiger partial charge on any atom is -0.374 e. The minimum absolute atomic E-state index is 0.0466. The van der Waals surface area contributed by atoms with Gasteiger partial charge < -0.3 is 14.6 Å². The lowest BCUT2D eigenvalue weighted by Gasteiger charge is -2.24. The van der Waals surface area contributed by atoms with Crippen LogP contribution in [0.1, 0.15) is 45.4 Å². The molecule has 1 amide bonds. The highest BCUT2D eigenvalue weighted by Gasteiger charge is 2.28. The fraction of sp³-hybridized carbons (Fsp3) is 0.500.